The van der Waals surface area contributed by atoms with Gasteiger partial charge in [0.15, 0.2) is 5.84 Å². The van der Waals surface area contributed by atoms with E-state index in [1.165, 1.54) is 6.20 Å². The van der Waals surface area contributed by atoms with Crippen LogP contribution in [0.25, 0.3) is 0 Å². The highest BCUT2D eigenvalue weighted by atomic mass is 19.1. The van der Waals surface area contributed by atoms with Gasteiger partial charge in [0.25, 0.3) is 5.91 Å². The number of carbonyl (C=O) groups is 1. The monoisotopic (exact) mass is 279 g/mol. The van der Waals surface area contributed by atoms with Gasteiger partial charge in [-0.05, 0) is 18.2 Å². The maximum atomic E-state index is 13.1. The van der Waals surface area contributed by atoms with Gasteiger partial charge >= 0.3 is 0 Å². The summed E-state index contributed by atoms with van der Waals surface area (Å²) in [5.41, 5.74) is 5.28. The number of amidine groups is 1. The van der Waals surface area contributed by atoms with Crippen molar-refractivity contribution in [3.05, 3.63) is 41.3 Å². The second kappa shape index (κ2) is 5.26. The van der Waals surface area contributed by atoms with Crippen molar-refractivity contribution in [2.45, 2.75) is 0 Å². The molecule has 1 aromatic heterocycles. The van der Waals surface area contributed by atoms with E-state index in [1.807, 2.05) is 0 Å². The predicted molar refractivity (Wildman–Crippen MR) is 67.1 cm³/mol. The number of aromatic hydroxyl groups is 1. The number of hydrogen-bond donors (Lipinski definition) is 5. The van der Waals surface area contributed by atoms with E-state index in [4.69, 9.17) is 10.9 Å². The average molecular weight is 279 g/mol. The first kappa shape index (κ1) is 13.3. The Hall–Kier alpha value is -3.10. The molecule has 0 aliphatic carbocycles. The molecule has 0 radical (unpaired) electrons. The summed E-state index contributed by atoms with van der Waals surface area (Å²) in [6.07, 6.45) is 1.23. The average Bonchev–Trinajstić information content (AvgIpc) is 2.88. The van der Waals surface area contributed by atoms with Crippen LogP contribution < -0.4 is 11.1 Å². The van der Waals surface area contributed by atoms with Gasteiger partial charge in [0.05, 0.1) is 17.3 Å². The van der Waals surface area contributed by atoms with Crippen LogP contribution in [-0.4, -0.2) is 32.3 Å². The molecular weight excluding hydrogens is 269 g/mol. The second-order valence-electron chi connectivity index (χ2n) is 3.76. The van der Waals surface area contributed by atoms with Crippen LogP contribution in [0, 0.1) is 5.82 Å². The molecule has 0 fully saturated rings. The molecule has 104 valence electrons. The molecule has 0 saturated heterocycles. The lowest BCUT2D eigenvalue weighted by molar-refractivity contribution is 0.102. The summed E-state index contributed by atoms with van der Waals surface area (Å²) in [4.78, 5) is 11.9. The van der Waals surface area contributed by atoms with Gasteiger partial charge in [-0.15, -0.1) is 0 Å². The van der Waals surface area contributed by atoms with Crippen molar-refractivity contribution in [3.63, 3.8) is 0 Å². The number of phenolic OH excluding ortho intramolecular Hbond substituents is 1. The summed E-state index contributed by atoms with van der Waals surface area (Å²) in [6, 6.07) is 2.95. The minimum atomic E-state index is -0.779. The molecule has 1 heterocycles. The molecule has 1 aromatic carbocycles. The van der Waals surface area contributed by atoms with Crippen LogP contribution in [-0.2, 0) is 0 Å². The largest absolute Gasteiger partial charge is 0.507 e. The molecule has 1 amide bonds. The van der Waals surface area contributed by atoms with E-state index in [9.17, 15) is 14.3 Å². The Kier molecular flexibility index (Phi) is 3.51. The van der Waals surface area contributed by atoms with Crippen molar-refractivity contribution >= 4 is 17.6 Å². The number of aromatic nitrogens is 2. The number of hydrogen-bond acceptors (Lipinski definition) is 5. The fraction of sp³-hybridized carbons (Fsp3) is 0. The third-order valence-electron chi connectivity index (χ3n) is 2.46. The van der Waals surface area contributed by atoms with E-state index in [2.05, 4.69) is 20.7 Å². The molecule has 2 aromatic rings. The van der Waals surface area contributed by atoms with E-state index in [0.717, 1.165) is 18.2 Å². The van der Waals surface area contributed by atoms with Crippen LogP contribution in [0.15, 0.2) is 29.6 Å². The molecule has 0 aliphatic heterocycles. The number of phenols is 1. The van der Waals surface area contributed by atoms with Crippen LogP contribution >= 0.6 is 0 Å². The number of aromatic amines is 1. The first-order chi connectivity index (χ1) is 9.52. The van der Waals surface area contributed by atoms with E-state index >= 15 is 0 Å². The topological polar surface area (TPSA) is 137 Å². The van der Waals surface area contributed by atoms with Gasteiger partial charge in [0.2, 0.25) is 0 Å². The molecule has 9 heteroatoms. The van der Waals surface area contributed by atoms with Crippen molar-refractivity contribution in [2.75, 3.05) is 5.32 Å². The molecule has 0 unspecified atom stereocenters. The summed E-state index contributed by atoms with van der Waals surface area (Å²) in [7, 11) is 0. The Morgan fingerprint density at radius 3 is 2.90 bits per heavy atom. The first-order valence-corrected chi connectivity index (χ1v) is 5.34. The summed E-state index contributed by atoms with van der Waals surface area (Å²) in [6.45, 7) is 0. The summed E-state index contributed by atoms with van der Waals surface area (Å²) >= 11 is 0. The molecule has 0 aliphatic rings. The summed E-state index contributed by atoms with van der Waals surface area (Å²) in [5, 5.41) is 29.3. The molecule has 2 rings (SSSR count). The zero-order chi connectivity index (χ0) is 14.7. The number of H-pyrrole nitrogens is 1. The number of nitrogens with two attached hydrogens (primary N) is 1. The zero-order valence-corrected chi connectivity index (χ0v) is 9.96. The third-order valence-corrected chi connectivity index (χ3v) is 2.46. The van der Waals surface area contributed by atoms with Crippen LogP contribution in [0.3, 0.4) is 0 Å². The number of carbonyl (C=O) groups excluding carboxylic acids is 1. The number of oxime groups is 1. The van der Waals surface area contributed by atoms with Crippen molar-refractivity contribution in [1.82, 2.24) is 10.2 Å². The van der Waals surface area contributed by atoms with Gasteiger partial charge in [-0.25, -0.2) is 4.39 Å². The lowest BCUT2D eigenvalue weighted by Crippen LogP contribution is -2.18. The quantitative estimate of drug-likeness (QED) is 0.242. The predicted octanol–water partition coefficient (Wildman–Crippen LogP) is 0.601. The van der Waals surface area contributed by atoms with Crippen LogP contribution in [0.2, 0.25) is 0 Å². The maximum Gasteiger partial charge on any atom is 0.260 e. The standard InChI is InChI=1S/C11H10FN5O3/c12-5-1-2-8(18)6(3-5)11(19)15-10-7(4-14-16-10)9(13)17-20/h1-4,18,20H,(H2,13,17)(H2,14,15,16,19). The number of nitrogens with zero attached hydrogens (tertiary/aromatic N) is 2. The highest BCUT2D eigenvalue weighted by Crippen LogP contribution is 2.20. The summed E-state index contributed by atoms with van der Waals surface area (Å²) < 4.78 is 13.1. The summed E-state index contributed by atoms with van der Waals surface area (Å²) in [5.74, 6) is -2.05. The Balaban J connectivity index is 2.29. The minimum Gasteiger partial charge on any atom is -0.507 e. The van der Waals surface area contributed by atoms with Crippen molar-refractivity contribution in [2.24, 2.45) is 10.9 Å². The van der Waals surface area contributed by atoms with Crippen molar-refractivity contribution in [1.29, 1.82) is 0 Å². The van der Waals surface area contributed by atoms with Gasteiger partial charge in [0, 0.05) is 0 Å². The normalized spacial score (nSPS) is 11.3. The highest BCUT2D eigenvalue weighted by molar-refractivity contribution is 6.09. The number of anilines is 1. The third kappa shape index (κ3) is 2.51. The molecule has 0 atom stereocenters. The van der Waals surface area contributed by atoms with Gasteiger partial charge in [0.1, 0.15) is 17.4 Å². The van der Waals surface area contributed by atoms with E-state index in [1.54, 1.807) is 0 Å². The van der Waals surface area contributed by atoms with E-state index < -0.39 is 11.7 Å². The number of halogens is 1. The van der Waals surface area contributed by atoms with Crippen molar-refractivity contribution < 1.29 is 19.5 Å². The van der Waals surface area contributed by atoms with E-state index in [0.29, 0.717) is 0 Å². The fourth-order valence-corrected chi connectivity index (χ4v) is 1.50. The molecule has 6 N–H and O–H groups in total. The highest BCUT2D eigenvalue weighted by Gasteiger charge is 2.16. The van der Waals surface area contributed by atoms with Crippen LogP contribution in [0.5, 0.6) is 5.75 Å². The van der Waals surface area contributed by atoms with Gasteiger partial charge in [-0.3, -0.25) is 9.89 Å². The molecule has 20 heavy (non-hydrogen) atoms. The number of amides is 1. The van der Waals surface area contributed by atoms with Crippen LogP contribution in [0.1, 0.15) is 15.9 Å². The Labute approximate surface area is 111 Å². The molecular formula is C11H10FN5O3. The number of benzene rings is 1. The second-order valence-corrected chi connectivity index (χ2v) is 3.76. The maximum absolute atomic E-state index is 13.1. The Morgan fingerprint density at radius 2 is 2.20 bits per heavy atom. The molecule has 0 bridgehead atoms. The van der Waals surface area contributed by atoms with E-state index in [-0.39, 0.29) is 28.5 Å². The SMILES string of the molecule is N/C(=N/O)c1cn[nH]c1NC(=O)c1cc(F)ccc1O. The van der Waals surface area contributed by atoms with Gasteiger partial charge in [-0.1, -0.05) is 5.16 Å². The Bertz CT molecular complexity index is 682. The van der Waals surface area contributed by atoms with Gasteiger partial charge in [-0.2, -0.15) is 5.10 Å². The zero-order valence-electron chi connectivity index (χ0n) is 9.96. The van der Waals surface area contributed by atoms with Crippen LogP contribution in [0.4, 0.5) is 10.2 Å². The van der Waals surface area contributed by atoms with Gasteiger partial charge < -0.3 is 21.4 Å². The van der Waals surface area contributed by atoms with Crippen molar-refractivity contribution in [3.8, 4) is 5.75 Å². The smallest absolute Gasteiger partial charge is 0.260 e. The number of rotatable bonds is 3. The minimum absolute atomic E-state index is 0.0500. The molecule has 0 saturated carbocycles. The molecule has 8 nitrogen and oxygen atoms in total. The first-order valence-electron chi connectivity index (χ1n) is 5.34. The molecule has 0 spiro atoms. The fourth-order valence-electron chi connectivity index (χ4n) is 1.50. The lowest BCUT2D eigenvalue weighted by Gasteiger charge is -2.06. The number of nitrogens with one attached hydrogen (secondary N) is 2. The Morgan fingerprint density at radius 1 is 1.45 bits per heavy atom. The lowest BCUT2D eigenvalue weighted by atomic mass is 10.2.